The van der Waals surface area contributed by atoms with Crippen molar-refractivity contribution in [2.45, 2.75) is 43.9 Å². The Morgan fingerprint density at radius 2 is 1.42 bits per heavy atom. The van der Waals surface area contributed by atoms with Crippen LogP contribution >= 0.6 is 7.05 Å². The lowest BCUT2D eigenvalue weighted by Gasteiger charge is -2.38. The molecule has 2 unspecified atom stereocenters. The van der Waals surface area contributed by atoms with Crippen LogP contribution in [0.2, 0.25) is 0 Å². The van der Waals surface area contributed by atoms with Crippen LogP contribution in [0.15, 0.2) is 65.4 Å². The molecule has 6 nitrogen and oxygen atoms in total. The molecule has 0 aromatic heterocycles. The number of carbonyl (C=O) groups is 2. The molecule has 1 aliphatic carbocycles. The van der Waals surface area contributed by atoms with Crippen LogP contribution in [-0.4, -0.2) is 43.2 Å². The van der Waals surface area contributed by atoms with E-state index in [4.69, 9.17) is 9.47 Å². The molecule has 0 spiro atoms. The van der Waals surface area contributed by atoms with Gasteiger partial charge in [0.2, 0.25) is 0 Å². The summed E-state index contributed by atoms with van der Waals surface area (Å²) in [5, 5.41) is 13.0. The van der Waals surface area contributed by atoms with Gasteiger partial charge in [0.25, 0.3) is 0 Å². The van der Waals surface area contributed by atoms with E-state index in [0.29, 0.717) is 0 Å². The zero-order chi connectivity index (χ0) is 22.3. The van der Waals surface area contributed by atoms with Crippen LogP contribution in [0.5, 0.6) is 0 Å². The first kappa shape index (κ1) is 23.2. The number of aliphatic hydroxyl groups is 1. The monoisotopic (exact) mass is 443 g/mol. The molecule has 3 rings (SSSR count). The van der Waals surface area contributed by atoms with Crippen molar-refractivity contribution in [2.75, 3.05) is 14.2 Å². The molecule has 1 aliphatic rings. The molecule has 2 atom stereocenters. The molecular formula is C24H30NO5P. The maximum Gasteiger partial charge on any atom is 0.432 e. The summed E-state index contributed by atoms with van der Waals surface area (Å²) in [6, 6.07) is 18.6. The lowest BCUT2D eigenvalue weighted by molar-refractivity contribution is -0.143. The average molecular weight is 443 g/mol. The molecule has 1 amide bonds. The lowest BCUT2D eigenvalue weighted by Crippen LogP contribution is -2.45. The van der Waals surface area contributed by atoms with Crippen LogP contribution < -0.4 is 10.6 Å². The Morgan fingerprint density at radius 1 is 0.903 bits per heavy atom. The molecule has 1 N–H and O–H groups in total. The van der Waals surface area contributed by atoms with Gasteiger partial charge in [-0.3, -0.25) is 4.79 Å². The van der Waals surface area contributed by atoms with Gasteiger partial charge >= 0.3 is 12.1 Å². The summed E-state index contributed by atoms with van der Waals surface area (Å²) < 4.78 is 14.7. The first-order chi connectivity index (χ1) is 15.0. The zero-order valence-corrected chi connectivity index (χ0v) is 18.9. The lowest BCUT2D eigenvalue weighted by atomic mass is 9.84. The standard InChI is InChI=1S/C24H30NO5P/c1-29-23(27)22(21(26)18-12-6-3-7-13-18)31(25-24(28)30-2,19-14-8-4-9-15-19)20-16-10-5-11-17-20/h4-5,8-11,14-18,21-22,26H,3,6-7,12-13H2,1-2H3. The van der Waals surface area contributed by atoms with Gasteiger partial charge < -0.3 is 14.6 Å². The maximum absolute atomic E-state index is 13.3. The van der Waals surface area contributed by atoms with Gasteiger partial charge in [0.05, 0.1) is 27.4 Å². The van der Waals surface area contributed by atoms with Crippen molar-refractivity contribution in [1.29, 1.82) is 0 Å². The molecule has 166 valence electrons. The topological polar surface area (TPSA) is 85.2 Å². The van der Waals surface area contributed by atoms with E-state index < -0.39 is 30.9 Å². The van der Waals surface area contributed by atoms with Gasteiger partial charge in [-0.1, -0.05) is 79.9 Å². The molecule has 2 aromatic rings. The molecule has 1 saturated carbocycles. The second-order valence-corrected chi connectivity index (χ2v) is 10.9. The summed E-state index contributed by atoms with van der Waals surface area (Å²) >= 11 is 0. The minimum atomic E-state index is -3.15. The Balaban J connectivity index is 2.33. The SMILES string of the molecule is COC(=O)N=P(c1ccccc1)(c1ccccc1)C(C(=O)OC)C(O)C1CCCCC1. The van der Waals surface area contributed by atoms with Crippen LogP contribution in [0.25, 0.3) is 0 Å². The Morgan fingerprint density at radius 3 is 1.87 bits per heavy atom. The molecule has 0 aliphatic heterocycles. The highest BCUT2D eigenvalue weighted by Gasteiger charge is 2.47. The fraction of sp³-hybridized carbons (Fsp3) is 0.417. The van der Waals surface area contributed by atoms with E-state index in [0.717, 1.165) is 42.7 Å². The smallest absolute Gasteiger partial charge is 0.432 e. The number of methoxy groups -OCH3 is 2. The van der Waals surface area contributed by atoms with Crippen LogP contribution in [-0.2, 0) is 14.3 Å². The summed E-state index contributed by atoms with van der Waals surface area (Å²) in [7, 11) is -0.577. The number of rotatable bonds is 6. The maximum atomic E-state index is 13.3. The Bertz CT molecular complexity index is 882. The summed E-state index contributed by atoms with van der Waals surface area (Å²) in [4.78, 5) is 25.9. The number of amides is 1. The van der Waals surface area contributed by atoms with E-state index in [1.54, 1.807) is 0 Å². The third kappa shape index (κ3) is 4.91. The molecule has 0 heterocycles. The average Bonchev–Trinajstić information content (AvgIpc) is 2.84. The largest absolute Gasteiger partial charge is 0.468 e. The highest BCUT2D eigenvalue weighted by molar-refractivity contribution is 7.82. The molecule has 0 radical (unpaired) electrons. The Labute approximate surface area is 183 Å². The first-order valence-electron chi connectivity index (χ1n) is 10.6. The molecule has 0 bridgehead atoms. The van der Waals surface area contributed by atoms with E-state index in [1.165, 1.54) is 14.2 Å². The summed E-state index contributed by atoms with van der Waals surface area (Å²) in [5.74, 6) is -0.621. The van der Waals surface area contributed by atoms with Gasteiger partial charge in [0.15, 0.2) is 0 Å². The molecule has 0 saturated heterocycles. The van der Waals surface area contributed by atoms with Gasteiger partial charge in [-0.15, -0.1) is 0 Å². The number of hydrogen-bond acceptors (Lipinski definition) is 5. The van der Waals surface area contributed by atoms with E-state index >= 15 is 0 Å². The number of benzene rings is 2. The number of hydrogen-bond donors (Lipinski definition) is 1. The molecule has 31 heavy (non-hydrogen) atoms. The minimum absolute atomic E-state index is 0.0579. The van der Waals surface area contributed by atoms with Crippen molar-refractivity contribution in [2.24, 2.45) is 10.7 Å². The molecule has 1 fully saturated rings. The van der Waals surface area contributed by atoms with Crippen molar-refractivity contribution < 1.29 is 24.2 Å². The molecule has 2 aromatic carbocycles. The number of esters is 1. The fourth-order valence-electron chi connectivity index (χ4n) is 4.50. The predicted octanol–water partition coefficient (Wildman–Crippen LogP) is 4.09. The highest BCUT2D eigenvalue weighted by atomic mass is 31.2. The van der Waals surface area contributed by atoms with Crippen molar-refractivity contribution >= 4 is 29.7 Å². The van der Waals surface area contributed by atoms with Crippen molar-refractivity contribution in [3.63, 3.8) is 0 Å². The van der Waals surface area contributed by atoms with Gasteiger partial charge in [0.1, 0.15) is 5.66 Å². The summed E-state index contributed by atoms with van der Waals surface area (Å²) in [5.41, 5.74) is -1.01. The van der Waals surface area contributed by atoms with Gasteiger partial charge in [0, 0.05) is 0 Å². The summed E-state index contributed by atoms with van der Waals surface area (Å²) in [6.45, 7) is 0. The quantitative estimate of drug-likeness (QED) is 0.537. The van der Waals surface area contributed by atoms with E-state index in [9.17, 15) is 14.7 Å². The predicted molar refractivity (Wildman–Crippen MR) is 122 cm³/mol. The minimum Gasteiger partial charge on any atom is -0.468 e. The van der Waals surface area contributed by atoms with Gasteiger partial charge in [-0.2, -0.15) is 4.74 Å². The second-order valence-electron chi connectivity index (χ2n) is 7.78. The zero-order valence-electron chi connectivity index (χ0n) is 18.0. The van der Waals surface area contributed by atoms with E-state index in [2.05, 4.69) is 4.74 Å². The molecule has 7 heteroatoms. The number of aliphatic hydroxyl groups excluding tert-OH is 1. The second kappa shape index (κ2) is 10.7. The van der Waals surface area contributed by atoms with Crippen LogP contribution in [0.4, 0.5) is 4.79 Å². The first-order valence-corrected chi connectivity index (χ1v) is 12.4. The van der Waals surface area contributed by atoms with Gasteiger partial charge in [-0.05, 0) is 29.4 Å². The highest BCUT2D eigenvalue weighted by Crippen LogP contribution is 2.55. The Hall–Kier alpha value is -2.43. The van der Waals surface area contributed by atoms with E-state index in [-0.39, 0.29) is 5.92 Å². The van der Waals surface area contributed by atoms with Crippen molar-refractivity contribution in [3.05, 3.63) is 60.7 Å². The van der Waals surface area contributed by atoms with Crippen LogP contribution in [0, 0.1) is 5.92 Å². The number of ether oxygens (including phenoxy) is 2. The third-order valence-electron chi connectivity index (χ3n) is 6.02. The van der Waals surface area contributed by atoms with Crippen LogP contribution in [0.1, 0.15) is 32.1 Å². The third-order valence-corrected chi connectivity index (χ3v) is 9.99. The molecular weight excluding hydrogens is 413 g/mol. The number of carbonyl (C=O) groups excluding carboxylic acids is 2. The normalized spacial score (nSPS) is 16.7. The van der Waals surface area contributed by atoms with Crippen LogP contribution in [0.3, 0.4) is 0 Å². The van der Waals surface area contributed by atoms with Crippen molar-refractivity contribution in [1.82, 2.24) is 0 Å². The fourth-order valence-corrected chi connectivity index (χ4v) is 8.48. The summed E-state index contributed by atoms with van der Waals surface area (Å²) in [6.07, 6.45) is 3.03. The number of nitrogens with zero attached hydrogens (tertiary/aromatic N) is 1. The van der Waals surface area contributed by atoms with E-state index in [1.807, 2.05) is 60.7 Å². The Kier molecular flexibility index (Phi) is 8.05. The van der Waals surface area contributed by atoms with Gasteiger partial charge in [-0.25, -0.2) is 4.79 Å². The van der Waals surface area contributed by atoms with Crippen molar-refractivity contribution in [3.8, 4) is 0 Å².